The summed E-state index contributed by atoms with van der Waals surface area (Å²) in [6, 6.07) is 5.79. The highest BCUT2D eigenvalue weighted by Crippen LogP contribution is 2.18. The zero-order valence-electron chi connectivity index (χ0n) is 14.3. The number of nitrogens with one attached hydrogen (secondary N) is 1. The fraction of sp³-hybridized carbons (Fsp3) is 0.533. The lowest BCUT2D eigenvalue weighted by atomic mass is 10.2. The van der Waals surface area contributed by atoms with E-state index in [2.05, 4.69) is 10.2 Å². The molecule has 1 heterocycles. The van der Waals surface area contributed by atoms with Crippen molar-refractivity contribution in [2.45, 2.75) is 4.90 Å². The highest BCUT2D eigenvalue weighted by Gasteiger charge is 2.27. The highest BCUT2D eigenvalue weighted by molar-refractivity contribution is 7.90. The van der Waals surface area contributed by atoms with Crippen LogP contribution in [0.25, 0.3) is 0 Å². The summed E-state index contributed by atoms with van der Waals surface area (Å²) >= 11 is 0. The molecule has 1 saturated heterocycles. The number of piperazine rings is 1. The van der Waals surface area contributed by atoms with Crippen LogP contribution < -0.4 is 5.32 Å². The Bertz CT molecular complexity index is 828. The second kappa shape index (κ2) is 7.81. The van der Waals surface area contributed by atoms with Gasteiger partial charge >= 0.3 is 0 Å². The number of likely N-dealkylation sites (N-methyl/N-ethyl adjacent to an activating group) is 1. The number of carbonyl (C=O) groups excluding carboxylic acids is 1. The van der Waals surface area contributed by atoms with E-state index in [0.29, 0.717) is 26.2 Å². The first kappa shape index (κ1) is 19.8. The number of nitrogens with zero attached hydrogens (tertiary/aromatic N) is 2. The van der Waals surface area contributed by atoms with Crippen LogP contribution in [0.3, 0.4) is 0 Å². The van der Waals surface area contributed by atoms with Crippen LogP contribution >= 0.6 is 0 Å². The second-order valence-electron chi connectivity index (χ2n) is 6.12. The van der Waals surface area contributed by atoms with Crippen molar-refractivity contribution in [1.29, 1.82) is 0 Å². The largest absolute Gasteiger partial charge is 0.351 e. The van der Waals surface area contributed by atoms with E-state index in [9.17, 15) is 21.6 Å². The van der Waals surface area contributed by atoms with Gasteiger partial charge in [-0.2, -0.15) is 4.31 Å². The van der Waals surface area contributed by atoms with Crippen molar-refractivity contribution >= 4 is 25.8 Å². The number of hydrogen-bond acceptors (Lipinski definition) is 6. The Morgan fingerprint density at radius 1 is 1.12 bits per heavy atom. The zero-order chi connectivity index (χ0) is 18.7. The van der Waals surface area contributed by atoms with Crippen LogP contribution in [-0.4, -0.2) is 83.7 Å². The maximum Gasteiger partial charge on any atom is 0.251 e. The average molecular weight is 389 g/mol. The molecule has 25 heavy (non-hydrogen) atoms. The van der Waals surface area contributed by atoms with Crippen LogP contribution in [-0.2, 0) is 19.9 Å². The normalized spacial score (nSPS) is 17.4. The van der Waals surface area contributed by atoms with Crippen LogP contribution in [0.2, 0.25) is 0 Å². The van der Waals surface area contributed by atoms with Gasteiger partial charge in [0, 0.05) is 44.5 Å². The Kier molecular flexibility index (Phi) is 6.20. The number of amides is 1. The minimum absolute atomic E-state index is 0.0207. The van der Waals surface area contributed by atoms with E-state index >= 15 is 0 Å². The van der Waals surface area contributed by atoms with Gasteiger partial charge in [0.1, 0.15) is 9.84 Å². The molecule has 8 nitrogen and oxygen atoms in total. The molecule has 1 aliphatic rings. The van der Waals surface area contributed by atoms with E-state index in [1.54, 1.807) is 0 Å². The van der Waals surface area contributed by atoms with Crippen molar-refractivity contribution in [2.24, 2.45) is 0 Å². The van der Waals surface area contributed by atoms with Gasteiger partial charge < -0.3 is 10.2 Å². The lowest BCUT2D eigenvalue weighted by molar-refractivity contribution is 0.0956. The molecule has 140 valence electrons. The van der Waals surface area contributed by atoms with Crippen molar-refractivity contribution < 1.29 is 21.6 Å². The lowest BCUT2D eigenvalue weighted by Crippen LogP contribution is -2.47. The summed E-state index contributed by atoms with van der Waals surface area (Å²) in [5.74, 6) is -0.669. The molecule has 10 heteroatoms. The van der Waals surface area contributed by atoms with Crippen LogP contribution in [0.4, 0.5) is 0 Å². The number of carbonyl (C=O) groups is 1. The molecule has 1 aromatic rings. The Morgan fingerprint density at radius 3 is 2.36 bits per heavy atom. The Labute approximate surface area is 148 Å². The SMILES string of the molecule is CN1CCN(S(=O)(=O)c2cccc(C(=O)NCCS(C)(=O)=O)c2)CC1. The third-order valence-corrected chi connectivity index (χ3v) is 6.79. The third kappa shape index (κ3) is 5.50. The standard InChI is InChI=1S/C15H23N3O5S2/c1-17-7-9-18(10-8-17)25(22,23)14-5-3-4-13(12-14)15(19)16-6-11-24(2,20)21/h3-5,12H,6-11H2,1-2H3,(H,16,19). The maximum absolute atomic E-state index is 12.7. The molecule has 2 rings (SSSR count). The molecule has 0 aliphatic carbocycles. The minimum atomic E-state index is -3.65. The number of sulfone groups is 1. The van der Waals surface area contributed by atoms with Gasteiger partial charge in [-0.1, -0.05) is 6.07 Å². The maximum atomic E-state index is 12.7. The van der Waals surface area contributed by atoms with Crippen molar-refractivity contribution in [3.8, 4) is 0 Å². The van der Waals surface area contributed by atoms with Gasteiger partial charge in [0.2, 0.25) is 10.0 Å². The lowest BCUT2D eigenvalue weighted by Gasteiger charge is -2.31. The molecule has 0 saturated carbocycles. The van der Waals surface area contributed by atoms with Gasteiger partial charge in [0.25, 0.3) is 5.91 Å². The molecule has 0 radical (unpaired) electrons. The fourth-order valence-corrected chi connectivity index (χ4v) is 4.37. The van der Waals surface area contributed by atoms with Crippen molar-refractivity contribution in [1.82, 2.24) is 14.5 Å². The van der Waals surface area contributed by atoms with E-state index in [1.807, 2.05) is 7.05 Å². The monoisotopic (exact) mass is 389 g/mol. The molecular weight excluding hydrogens is 366 g/mol. The molecule has 0 spiro atoms. The summed E-state index contributed by atoms with van der Waals surface area (Å²) in [4.78, 5) is 14.2. The molecular formula is C15H23N3O5S2. The summed E-state index contributed by atoms with van der Waals surface area (Å²) in [5.41, 5.74) is 0.184. The zero-order valence-corrected chi connectivity index (χ0v) is 15.9. The number of rotatable bonds is 6. The molecule has 1 N–H and O–H groups in total. The first-order valence-corrected chi connectivity index (χ1v) is 11.3. The molecule has 0 aromatic heterocycles. The average Bonchev–Trinajstić information content (AvgIpc) is 2.54. The van der Waals surface area contributed by atoms with Gasteiger partial charge in [-0.05, 0) is 25.2 Å². The molecule has 1 aromatic carbocycles. The van der Waals surface area contributed by atoms with Crippen molar-refractivity contribution in [3.63, 3.8) is 0 Å². The molecule has 0 unspecified atom stereocenters. The van der Waals surface area contributed by atoms with E-state index in [1.165, 1.54) is 28.6 Å². The van der Waals surface area contributed by atoms with E-state index in [-0.39, 0.29) is 22.8 Å². The van der Waals surface area contributed by atoms with Gasteiger partial charge in [-0.3, -0.25) is 4.79 Å². The molecule has 0 bridgehead atoms. The minimum Gasteiger partial charge on any atom is -0.351 e. The van der Waals surface area contributed by atoms with Gasteiger partial charge in [-0.15, -0.1) is 0 Å². The van der Waals surface area contributed by atoms with E-state index in [4.69, 9.17) is 0 Å². The first-order valence-electron chi connectivity index (χ1n) is 7.84. The second-order valence-corrected chi connectivity index (χ2v) is 10.3. The van der Waals surface area contributed by atoms with Crippen molar-refractivity contribution in [3.05, 3.63) is 29.8 Å². The van der Waals surface area contributed by atoms with Gasteiger partial charge in [-0.25, -0.2) is 16.8 Å². The summed E-state index contributed by atoms with van der Waals surface area (Å²) in [6.07, 6.45) is 1.09. The Morgan fingerprint density at radius 2 is 1.76 bits per heavy atom. The molecule has 1 amide bonds. The van der Waals surface area contributed by atoms with E-state index in [0.717, 1.165) is 6.26 Å². The van der Waals surface area contributed by atoms with Crippen LogP contribution in [0, 0.1) is 0 Å². The first-order chi connectivity index (χ1) is 11.6. The molecule has 1 fully saturated rings. The predicted molar refractivity (Wildman–Crippen MR) is 94.7 cm³/mol. The van der Waals surface area contributed by atoms with E-state index < -0.39 is 25.8 Å². The smallest absolute Gasteiger partial charge is 0.251 e. The van der Waals surface area contributed by atoms with Crippen molar-refractivity contribution in [2.75, 3.05) is 51.8 Å². The quantitative estimate of drug-likeness (QED) is 0.697. The predicted octanol–water partition coefficient (Wildman–Crippen LogP) is -0.603. The van der Waals surface area contributed by atoms with Crippen LogP contribution in [0.5, 0.6) is 0 Å². The summed E-state index contributed by atoms with van der Waals surface area (Å²) in [5, 5.41) is 2.49. The Hall–Kier alpha value is -1.49. The Balaban J connectivity index is 2.11. The highest BCUT2D eigenvalue weighted by atomic mass is 32.2. The molecule has 1 aliphatic heterocycles. The van der Waals surface area contributed by atoms with Gasteiger partial charge in [0.15, 0.2) is 0 Å². The third-order valence-electron chi connectivity index (χ3n) is 3.95. The van der Waals surface area contributed by atoms with Crippen LogP contribution in [0.15, 0.2) is 29.2 Å². The molecule has 0 atom stereocenters. The summed E-state index contributed by atoms with van der Waals surface area (Å²) < 4.78 is 49.0. The fourth-order valence-electron chi connectivity index (χ4n) is 2.43. The number of sulfonamides is 1. The van der Waals surface area contributed by atoms with Crippen LogP contribution in [0.1, 0.15) is 10.4 Å². The number of hydrogen-bond donors (Lipinski definition) is 1. The summed E-state index contributed by atoms with van der Waals surface area (Å²) in [6.45, 7) is 2.11. The van der Waals surface area contributed by atoms with Gasteiger partial charge in [0.05, 0.1) is 10.6 Å². The topological polar surface area (TPSA) is 104 Å². The summed E-state index contributed by atoms with van der Waals surface area (Å²) in [7, 11) is -4.89. The number of benzene rings is 1.